The van der Waals surface area contributed by atoms with Gasteiger partial charge in [0.05, 0.1) is 0 Å². The van der Waals surface area contributed by atoms with Crippen LogP contribution in [0.1, 0.15) is 11.1 Å². The van der Waals surface area contributed by atoms with E-state index in [4.69, 9.17) is 4.74 Å². The second kappa shape index (κ2) is 7.89. The molecule has 0 radical (unpaired) electrons. The van der Waals surface area contributed by atoms with Crippen LogP contribution in [0.25, 0.3) is 6.08 Å². The van der Waals surface area contributed by atoms with Crippen molar-refractivity contribution in [2.45, 2.75) is 6.92 Å². The van der Waals surface area contributed by atoms with Gasteiger partial charge in [-0.15, -0.1) is 0 Å². The summed E-state index contributed by atoms with van der Waals surface area (Å²) in [5.41, 5.74) is 2.25. The SMILES string of the molecule is Cc1ccc(NC(=O)COC(=O)/C=C/c2cccc(F)c2)cc1. The fourth-order valence-electron chi connectivity index (χ4n) is 1.79. The Morgan fingerprint density at radius 3 is 2.61 bits per heavy atom. The van der Waals surface area contributed by atoms with Gasteiger partial charge in [0.25, 0.3) is 5.91 Å². The maximum Gasteiger partial charge on any atom is 0.331 e. The van der Waals surface area contributed by atoms with E-state index in [0.717, 1.165) is 11.6 Å². The topological polar surface area (TPSA) is 55.4 Å². The molecule has 2 aromatic carbocycles. The van der Waals surface area contributed by atoms with E-state index in [1.807, 2.05) is 19.1 Å². The molecule has 0 saturated heterocycles. The molecule has 5 heteroatoms. The van der Waals surface area contributed by atoms with Crippen molar-refractivity contribution in [3.05, 3.63) is 71.6 Å². The number of carbonyl (C=O) groups is 2. The third-order valence-corrected chi connectivity index (χ3v) is 2.94. The molecule has 0 aliphatic rings. The Labute approximate surface area is 133 Å². The normalized spacial score (nSPS) is 10.5. The van der Waals surface area contributed by atoms with E-state index in [1.165, 1.54) is 24.3 Å². The molecule has 0 heterocycles. The Kier molecular flexibility index (Phi) is 5.63. The zero-order chi connectivity index (χ0) is 16.7. The average molecular weight is 313 g/mol. The Balaban J connectivity index is 1.79. The van der Waals surface area contributed by atoms with Crippen LogP contribution in [0.4, 0.5) is 10.1 Å². The highest BCUT2D eigenvalue weighted by atomic mass is 19.1. The van der Waals surface area contributed by atoms with Crippen molar-refractivity contribution in [1.29, 1.82) is 0 Å². The first kappa shape index (κ1) is 16.4. The van der Waals surface area contributed by atoms with E-state index in [1.54, 1.807) is 18.2 Å². The van der Waals surface area contributed by atoms with Crippen LogP contribution in [0, 0.1) is 12.7 Å². The average Bonchev–Trinajstić information content (AvgIpc) is 2.53. The summed E-state index contributed by atoms with van der Waals surface area (Å²) in [6.45, 7) is 1.55. The number of amides is 1. The number of hydrogen-bond donors (Lipinski definition) is 1. The summed E-state index contributed by atoms with van der Waals surface area (Å²) in [4.78, 5) is 23.2. The Hall–Kier alpha value is -2.95. The molecule has 0 bridgehead atoms. The van der Waals surface area contributed by atoms with Crippen LogP contribution in [0.15, 0.2) is 54.6 Å². The van der Waals surface area contributed by atoms with Crippen molar-refractivity contribution < 1.29 is 18.7 Å². The molecule has 0 atom stereocenters. The minimum Gasteiger partial charge on any atom is -0.452 e. The van der Waals surface area contributed by atoms with Gasteiger partial charge in [-0.1, -0.05) is 29.8 Å². The first-order chi connectivity index (χ1) is 11.0. The van der Waals surface area contributed by atoms with Crippen LogP contribution in [-0.4, -0.2) is 18.5 Å². The van der Waals surface area contributed by atoms with Crippen molar-refractivity contribution in [1.82, 2.24) is 0 Å². The molecule has 2 aromatic rings. The second-order valence-corrected chi connectivity index (χ2v) is 4.91. The maximum atomic E-state index is 13.0. The standard InChI is InChI=1S/C18H16FNO3/c1-13-5-8-16(9-6-13)20-17(21)12-23-18(22)10-7-14-3-2-4-15(19)11-14/h2-11H,12H2,1H3,(H,20,21)/b10-7+. The highest BCUT2D eigenvalue weighted by molar-refractivity contribution is 5.94. The maximum absolute atomic E-state index is 13.0. The Morgan fingerprint density at radius 2 is 1.91 bits per heavy atom. The summed E-state index contributed by atoms with van der Waals surface area (Å²) >= 11 is 0. The van der Waals surface area contributed by atoms with Crippen LogP contribution < -0.4 is 5.32 Å². The molecule has 23 heavy (non-hydrogen) atoms. The smallest absolute Gasteiger partial charge is 0.331 e. The number of rotatable bonds is 5. The minimum absolute atomic E-state index is 0.389. The van der Waals surface area contributed by atoms with Gasteiger partial charge in [0, 0.05) is 11.8 Å². The predicted molar refractivity (Wildman–Crippen MR) is 86.2 cm³/mol. The number of anilines is 1. The number of halogens is 1. The van der Waals surface area contributed by atoms with Crippen LogP contribution in [-0.2, 0) is 14.3 Å². The van der Waals surface area contributed by atoms with Gasteiger partial charge in [0.2, 0.25) is 0 Å². The van der Waals surface area contributed by atoms with Gasteiger partial charge in [-0.05, 0) is 42.8 Å². The number of nitrogens with one attached hydrogen (secondary N) is 1. The summed E-state index contributed by atoms with van der Waals surface area (Å²) < 4.78 is 17.8. The van der Waals surface area contributed by atoms with Crippen molar-refractivity contribution in [3.8, 4) is 0 Å². The zero-order valence-electron chi connectivity index (χ0n) is 12.6. The second-order valence-electron chi connectivity index (χ2n) is 4.91. The van der Waals surface area contributed by atoms with Gasteiger partial charge in [0.1, 0.15) is 5.82 Å². The molecule has 1 N–H and O–H groups in total. The third-order valence-electron chi connectivity index (χ3n) is 2.94. The van der Waals surface area contributed by atoms with Gasteiger partial charge in [-0.3, -0.25) is 4.79 Å². The molecule has 0 unspecified atom stereocenters. The lowest BCUT2D eigenvalue weighted by Crippen LogP contribution is -2.20. The quantitative estimate of drug-likeness (QED) is 0.680. The molecule has 0 fully saturated rings. The molecule has 4 nitrogen and oxygen atoms in total. The molecule has 0 aromatic heterocycles. The van der Waals surface area contributed by atoms with E-state index >= 15 is 0 Å². The summed E-state index contributed by atoms with van der Waals surface area (Å²) in [6.07, 6.45) is 2.57. The first-order valence-corrected chi connectivity index (χ1v) is 7.00. The highest BCUT2D eigenvalue weighted by Gasteiger charge is 2.05. The van der Waals surface area contributed by atoms with E-state index < -0.39 is 17.7 Å². The van der Waals surface area contributed by atoms with E-state index in [-0.39, 0.29) is 6.61 Å². The molecule has 0 spiro atoms. The lowest BCUT2D eigenvalue weighted by Gasteiger charge is -2.05. The fraction of sp³-hybridized carbons (Fsp3) is 0.111. The Morgan fingerprint density at radius 1 is 1.17 bits per heavy atom. The van der Waals surface area contributed by atoms with E-state index in [0.29, 0.717) is 11.3 Å². The zero-order valence-corrected chi connectivity index (χ0v) is 12.6. The van der Waals surface area contributed by atoms with Crippen molar-refractivity contribution >= 4 is 23.6 Å². The summed E-state index contributed by atoms with van der Waals surface area (Å²) in [7, 11) is 0. The predicted octanol–water partition coefficient (Wildman–Crippen LogP) is 3.33. The monoisotopic (exact) mass is 313 g/mol. The number of esters is 1. The summed E-state index contributed by atoms with van der Waals surface area (Å²) in [5.74, 6) is -1.49. The molecule has 1 amide bonds. The van der Waals surface area contributed by atoms with Crippen molar-refractivity contribution in [3.63, 3.8) is 0 Å². The molecule has 0 aliphatic heterocycles. The van der Waals surface area contributed by atoms with Crippen LogP contribution in [0.5, 0.6) is 0 Å². The summed E-state index contributed by atoms with van der Waals surface area (Å²) in [6, 6.07) is 13.0. The van der Waals surface area contributed by atoms with Gasteiger partial charge in [-0.25, -0.2) is 9.18 Å². The van der Waals surface area contributed by atoms with E-state index in [2.05, 4.69) is 5.32 Å². The number of benzene rings is 2. The summed E-state index contributed by atoms with van der Waals surface area (Å²) in [5, 5.41) is 2.62. The van der Waals surface area contributed by atoms with Crippen LogP contribution in [0.2, 0.25) is 0 Å². The van der Waals surface area contributed by atoms with Gasteiger partial charge >= 0.3 is 5.97 Å². The third kappa shape index (κ3) is 5.74. The van der Waals surface area contributed by atoms with Crippen LogP contribution in [0.3, 0.4) is 0 Å². The minimum atomic E-state index is -0.673. The molecule has 2 rings (SSSR count). The van der Waals surface area contributed by atoms with Gasteiger partial charge < -0.3 is 10.1 Å². The molecule has 118 valence electrons. The van der Waals surface area contributed by atoms with Crippen LogP contribution >= 0.6 is 0 Å². The molecular formula is C18H16FNO3. The van der Waals surface area contributed by atoms with Crippen molar-refractivity contribution in [2.75, 3.05) is 11.9 Å². The number of hydrogen-bond acceptors (Lipinski definition) is 3. The lowest BCUT2D eigenvalue weighted by atomic mass is 10.2. The fourth-order valence-corrected chi connectivity index (χ4v) is 1.79. The molecule has 0 aliphatic carbocycles. The molecular weight excluding hydrogens is 297 g/mol. The largest absolute Gasteiger partial charge is 0.452 e. The first-order valence-electron chi connectivity index (χ1n) is 7.00. The number of ether oxygens (including phenoxy) is 1. The van der Waals surface area contributed by atoms with Gasteiger partial charge in [-0.2, -0.15) is 0 Å². The van der Waals surface area contributed by atoms with Crippen molar-refractivity contribution in [2.24, 2.45) is 0 Å². The lowest BCUT2D eigenvalue weighted by molar-refractivity contribution is -0.142. The highest BCUT2D eigenvalue weighted by Crippen LogP contribution is 2.08. The Bertz CT molecular complexity index is 723. The van der Waals surface area contributed by atoms with Gasteiger partial charge in [0.15, 0.2) is 6.61 Å². The number of carbonyl (C=O) groups excluding carboxylic acids is 2. The number of aryl methyl sites for hydroxylation is 1. The molecule has 0 saturated carbocycles. The van der Waals surface area contributed by atoms with E-state index in [9.17, 15) is 14.0 Å².